The number of carbonyl (C=O) groups is 1. The van der Waals surface area contributed by atoms with Gasteiger partial charge in [-0.25, -0.2) is 8.42 Å². The molecule has 116 valence electrons. The summed E-state index contributed by atoms with van der Waals surface area (Å²) < 4.78 is 26.6. The molecule has 0 radical (unpaired) electrons. The molecule has 22 heavy (non-hydrogen) atoms. The van der Waals surface area contributed by atoms with Crippen LogP contribution in [0, 0.1) is 0 Å². The average Bonchev–Trinajstić information content (AvgIpc) is 2.47. The Morgan fingerprint density at radius 1 is 1.09 bits per heavy atom. The molecule has 1 amide bonds. The molecule has 2 aromatic carbocycles. The van der Waals surface area contributed by atoms with Crippen LogP contribution in [0.2, 0.25) is 5.02 Å². The Morgan fingerprint density at radius 3 is 2.41 bits per heavy atom. The quantitative estimate of drug-likeness (QED) is 0.880. The second-order valence-corrected chi connectivity index (χ2v) is 6.81. The van der Waals surface area contributed by atoms with Gasteiger partial charge in [0.2, 0.25) is 15.9 Å². The van der Waals surface area contributed by atoms with Crippen LogP contribution in [0.1, 0.15) is 6.92 Å². The van der Waals surface area contributed by atoms with Gasteiger partial charge in [-0.05, 0) is 37.3 Å². The van der Waals surface area contributed by atoms with Gasteiger partial charge >= 0.3 is 0 Å². The van der Waals surface area contributed by atoms with Crippen LogP contribution in [0.15, 0.2) is 59.5 Å². The Bertz CT molecular complexity index is 763. The maximum Gasteiger partial charge on any atom is 0.242 e. The van der Waals surface area contributed by atoms with Crippen LogP contribution in [-0.2, 0) is 14.8 Å². The largest absolute Gasteiger partial charge is 0.325 e. The number of benzene rings is 2. The summed E-state index contributed by atoms with van der Waals surface area (Å²) >= 11 is 5.83. The van der Waals surface area contributed by atoms with Gasteiger partial charge in [-0.2, -0.15) is 4.72 Å². The van der Waals surface area contributed by atoms with Crippen molar-refractivity contribution >= 4 is 33.2 Å². The van der Waals surface area contributed by atoms with Crippen molar-refractivity contribution in [1.82, 2.24) is 4.72 Å². The standard InChI is InChI=1S/C15H15ClN2O3S/c1-11(15(19)17-13-7-5-6-12(16)10-13)18-22(20,21)14-8-3-2-4-9-14/h2-11,18H,1H3,(H,17,19)/t11-/m0/s1. The third-order valence-corrected chi connectivity index (χ3v) is 4.66. The number of hydrogen-bond acceptors (Lipinski definition) is 3. The minimum atomic E-state index is -3.74. The van der Waals surface area contributed by atoms with Gasteiger partial charge in [-0.3, -0.25) is 4.79 Å². The molecule has 0 heterocycles. The summed E-state index contributed by atoms with van der Waals surface area (Å²) in [6.07, 6.45) is 0. The van der Waals surface area contributed by atoms with Crippen molar-refractivity contribution in [3.63, 3.8) is 0 Å². The molecule has 0 aliphatic rings. The first-order chi connectivity index (χ1) is 10.4. The zero-order valence-corrected chi connectivity index (χ0v) is 13.4. The van der Waals surface area contributed by atoms with Gasteiger partial charge in [0, 0.05) is 10.7 Å². The predicted octanol–water partition coefficient (Wildman–Crippen LogP) is 2.65. The first-order valence-electron chi connectivity index (χ1n) is 6.52. The van der Waals surface area contributed by atoms with Gasteiger partial charge in [0.05, 0.1) is 10.9 Å². The van der Waals surface area contributed by atoms with E-state index in [1.54, 1.807) is 42.5 Å². The van der Waals surface area contributed by atoms with Crippen LogP contribution >= 0.6 is 11.6 Å². The van der Waals surface area contributed by atoms with Crippen molar-refractivity contribution in [2.75, 3.05) is 5.32 Å². The van der Waals surface area contributed by atoms with Gasteiger partial charge in [0.1, 0.15) is 0 Å². The molecule has 7 heteroatoms. The van der Waals surface area contributed by atoms with Crippen LogP contribution in [0.25, 0.3) is 0 Å². The van der Waals surface area contributed by atoms with Gasteiger partial charge in [0.25, 0.3) is 0 Å². The fraction of sp³-hybridized carbons (Fsp3) is 0.133. The van der Waals surface area contributed by atoms with E-state index in [0.29, 0.717) is 10.7 Å². The van der Waals surface area contributed by atoms with E-state index < -0.39 is 22.0 Å². The van der Waals surface area contributed by atoms with E-state index in [9.17, 15) is 13.2 Å². The number of nitrogens with one attached hydrogen (secondary N) is 2. The molecular formula is C15H15ClN2O3S. The monoisotopic (exact) mass is 338 g/mol. The van der Waals surface area contributed by atoms with Crippen LogP contribution in [0.5, 0.6) is 0 Å². The lowest BCUT2D eigenvalue weighted by molar-refractivity contribution is -0.117. The van der Waals surface area contributed by atoms with Crippen LogP contribution in [0.4, 0.5) is 5.69 Å². The second-order valence-electron chi connectivity index (χ2n) is 4.66. The average molecular weight is 339 g/mol. The molecule has 2 aromatic rings. The van der Waals surface area contributed by atoms with Crippen molar-refractivity contribution in [1.29, 1.82) is 0 Å². The summed E-state index contributed by atoms with van der Waals surface area (Å²) in [5, 5.41) is 3.09. The minimum absolute atomic E-state index is 0.109. The topological polar surface area (TPSA) is 75.3 Å². The van der Waals surface area contributed by atoms with Crippen LogP contribution < -0.4 is 10.0 Å². The number of amides is 1. The first-order valence-corrected chi connectivity index (χ1v) is 8.38. The zero-order valence-electron chi connectivity index (χ0n) is 11.8. The van der Waals surface area contributed by atoms with E-state index in [1.807, 2.05) is 0 Å². The summed E-state index contributed by atoms with van der Waals surface area (Å²) in [7, 11) is -3.74. The molecule has 5 nitrogen and oxygen atoms in total. The van der Waals surface area contributed by atoms with Crippen molar-refractivity contribution in [2.24, 2.45) is 0 Å². The maximum atomic E-state index is 12.1. The summed E-state index contributed by atoms with van der Waals surface area (Å²) in [6, 6.07) is 13.6. The van der Waals surface area contributed by atoms with E-state index in [1.165, 1.54) is 19.1 Å². The number of rotatable bonds is 5. The highest BCUT2D eigenvalue weighted by Gasteiger charge is 2.21. The molecule has 0 aliphatic heterocycles. The third-order valence-electron chi connectivity index (χ3n) is 2.87. The number of hydrogen-bond donors (Lipinski definition) is 2. The molecule has 1 atom stereocenters. The Balaban J connectivity index is 2.05. The molecule has 0 aliphatic carbocycles. The fourth-order valence-corrected chi connectivity index (χ4v) is 3.18. The highest BCUT2D eigenvalue weighted by Crippen LogP contribution is 2.15. The summed E-state index contributed by atoms with van der Waals surface area (Å²) in [5.74, 6) is -0.471. The van der Waals surface area contributed by atoms with E-state index in [4.69, 9.17) is 11.6 Å². The molecule has 0 bridgehead atoms. The molecule has 0 fully saturated rings. The molecular weight excluding hydrogens is 324 g/mol. The smallest absolute Gasteiger partial charge is 0.242 e. The van der Waals surface area contributed by atoms with Gasteiger partial charge < -0.3 is 5.32 Å². The van der Waals surface area contributed by atoms with Crippen molar-refractivity contribution in [2.45, 2.75) is 17.9 Å². The normalized spacial score (nSPS) is 12.6. The molecule has 0 saturated heterocycles. The van der Waals surface area contributed by atoms with Gasteiger partial charge in [-0.1, -0.05) is 35.9 Å². The van der Waals surface area contributed by atoms with Crippen LogP contribution in [-0.4, -0.2) is 20.4 Å². The van der Waals surface area contributed by atoms with E-state index in [-0.39, 0.29) is 4.90 Å². The van der Waals surface area contributed by atoms with Crippen molar-refractivity contribution in [3.05, 3.63) is 59.6 Å². The van der Waals surface area contributed by atoms with Crippen molar-refractivity contribution in [3.8, 4) is 0 Å². The molecule has 0 spiro atoms. The molecule has 2 rings (SSSR count). The van der Waals surface area contributed by atoms with E-state index in [0.717, 1.165) is 0 Å². The third kappa shape index (κ3) is 4.30. The lowest BCUT2D eigenvalue weighted by Crippen LogP contribution is -2.41. The summed E-state index contributed by atoms with van der Waals surface area (Å²) in [5.41, 5.74) is 0.503. The number of sulfonamides is 1. The van der Waals surface area contributed by atoms with Gasteiger partial charge in [-0.15, -0.1) is 0 Å². The van der Waals surface area contributed by atoms with Crippen LogP contribution in [0.3, 0.4) is 0 Å². The zero-order chi connectivity index (χ0) is 16.2. The number of halogens is 1. The number of anilines is 1. The maximum absolute atomic E-state index is 12.1. The Kier molecular flexibility index (Phi) is 5.18. The number of carbonyl (C=O) groups excluding carboxylic acids is 1. The SMILES string of the molecule is C[C@H](NS(=O)(=O)c1ccccc1)C(=O)Nc1cccc(Cl)c1. The van der Waals surface area contributed by atoms with Gasteiger partial charge in [0.15, 0.2) is 0 Å². The summed E-state index contributed by atoms with van der Waals surface area (Å²) in [6.45, 7) is 1.47. The Labute approximate surface area is 134 Å². The first kappa shape index (κ1) is 16.5. The lowest BCUT2D eigenvalue weighted by Gasteiger charge is -2.14. The highest BCUT2D eigenvalue weighted by molar-refractivity contribution is 7.89. The van der Waals surface area contributed by atoms with Crippen molar-refractivity contribution < 1.29 is 13.2 Å². The second kappa shape index (κ2) is 6.91. The molecule has 0 unspecified atom stereocenters. The van der Waals surface area contributed by atoms with E-state index >= 15 is 0 Å². The minimum Gasteiger partial charge on any atom is -0.325 e. The van der Waals surface area contributed by atoms with E-state index in [2.05, 4.69) is 10.0 Å². The Morgan fingerprint density at radius 2 is 1.77 bits per heavy atom. The molecule has 2 N–H and O–H groups in total. The molecule has 0 saturated carbocycles. The fourth-order valence-electron chi connectivity index (χ4n) is 1.77. The lowest BCUT2D eigenvalue weighted by atomic mass is 10.3. The Hall–Kier alpha value is -1.89. The molecule has 0 aromatic heterocycles. The highest BCUT2D eigenvalue weighted by atomic mass is 35.5. The predicted molar refractivity (Wildman–Crippen MR) is 86.3 cm³/mol. The summed E-state index contributed by atoms with van der Waals surface area (Å²) in [4.78, 5) is 12.2.